The number of aliphatic carboxylic acids is 1. The molecule has 4 atom stereocenters. The van der Waals surface area contributed by atoms with Gasteiger partial charge in [-0.3, -0.25) is 19.2 Å². The molecule has 0 aromatic heterocycles. The summed E-state index contributed by atoms with van der Waals surface area (Å²) in [7, 11) is 0. The lowest BCUT2D eigenvalue weighted by molar-refractivity contribution is -0.142. The van der Waals surface area contributed by atoms with E-state index in [1.54, 1.807) is 0 Å². The van der Waals surface area contributed by atoms with Gasteiger partial charge in [0.25, 0.3) is 0 Å². The maximum absolute atomic E-state index is 12.9. The molecule has 9 nitrogen and oxygen atoms in total. The van der Waals surface area contributed by atoms with E-state index in [4.69, 9.17) is 10.8 Å². The van der Waals surface area contributed by atoms with Gasteiger partial charge in [-0.1, -0.05) is 27.7 Å². The minimum atomic E-state index is -1.16. The van der Waals surface area contributed by atoms with Crippen LogP contribution in [0.25, 0.3) is 0 Å². The van der Waals surface area contributed by atoms with Gasteiger partial charge in [0.1, 0.15) is 18.1 Å². The summed E-state index contributed by atoms with van der Waals surface area (Å²) in [5, 5.41) is 16.8. The molecule has 0 bridgehead atoms. The molecule has 0 heterocycles. The smallest absolute Gasteiger partial charge is 0.325 e. The van der Waals surface area contributed by atoms with Gasteiger partial charge >= 0.3 is 5.97 Å². The van der Waals surface area contributed by atoms with Crippen molar-refractivity contribution in [3.63, 3.8) is 0 Å². The molecule has 0 aromatic carbocycles. The fourth-order valence-electron chi connectivity index (χ4n) is 2.75. The van der Waals surface area contributed by atoms with Crippen molar-refractivity contribution < 1.29 is 24.3 Å². The Morgan fingerprint density at radius 2 is 1.33 bits per heavy atom. The number of hydrogen-bond donors (Lipinski definition) is 5. The second-order valence-corrected chi connectivity index (χ2v) is 9.32. The van der Waals surface area contributed by atoms with E-state index in [0.717, 1.165) is 0 Å². The summed E-state index contributed by atoms with van der Waals surface area (Å²) in [6, 6.07) is -3.54. The number of nitrogens with two attached hydrogens (primary N) is 1. The molecule has 4 unspecified atom stereocenters. The molecule has 6 N–H and O–H groups in total. The average molecular weight is 447 g/mol. The number of carbonyl (C=O) groups excluding carboxylic acids is 3. The summed E-state index contributed by atoms with van der Waals surface area (Å²) in [4.78, 5) is 48.8. The van der Waals surface area contributed by atoms with E-state index in [0.29, 0.717) is 25.0 Å². The van der Waals surface area contributed by atoms with E-state index in [1.165, 1.54) is 18.7 Å². The Hall–Kier alpha value is -1.81. The lowest BCUT2D eigenvalue weighted by Crippen LogP contribution is -2.57. The third kappa shape index (κ3) is 11.4. The zero-order valence-electron chi connectivity index (χ0n) is 18.9. The van der Waals surface area contributed by atoms with Gasteiger partial charge in [-0.05, 0) is 50.0 Å². The Bertz CT molecular complexity index is 586. The normalized spacial score (nSPS) is 15.2. The lowest BCUT2D eigenvalue weighted by atomic mass is 10.0. The maximum Gasteiger partial charge on any atom is 0.325 e. The van der Waals surface area contributed by atoms with Crippen LogP contribution >= 0.6 is 11.8 Å². The van der Waals surface area contributed by atoms with Gasteiger partial charge in [0.2, 0.25) is 17.7 Å². The molecule has 0 aliphatic carbocycles. The largest absolute Gasteiger partial charge is 0.480 e. The first-order valence-electron chi connectivity index (χ1n) is 10.3. The predicted molar refractivity (Wildman–Crippen MR) is 119 cm³/mol. The zero-order valence-corrected chi connectivity index (χ0v) is 19.7. The van der Waals surface area contributed by atoms with Crippen molar-refractivity contribution in [2.75, 3.05) is 12.0 Å². The van der Waals surface area contributed by atoms with Gasteiger partial charge in [-0.2, -0.15) is 11.8 Å². The number of thioether (sulfide) groups is 1. The fourth-order valence-corrected chi connectivity index (χ4v) is 3.22. The van der Waals surface area contributed by atoms with E-state index in [9.17, 15) is 19.2 Å². The van der Waals surface area contributed by atoms with Crippen molar-refractivity contribution in [3.05, 3.63) is 0 Å². The predicted octanol–water partition coefficient (Wildman–Crippen LogP) is 0.718. The van der Waals surface area contributed by atoms with Crippen molar-refractivity contribution in [2.45, 2.75) is 78.0 Å². The van der Waals surface area contributed by atoms with Crippen LogP contribution in [0.3, 0.4) is 0 Å². The molecule has 0 aliphatic rings. The number of rotatable bonds is 14. The monoisotopic (exact) mass is 446 g/mol. The number of carboxylic acids is 1. The molecule has 0 rings (SSSR count). The molecule has 10 heteroatoms. The van der Waals surface area contributed by atoms with E-state index in [-0.39, 0.29) is 11.8 Å². The van der Waals surface area contributed by atoms with Crippen molar-refractivity contribution in [1.29, 1.82) is 0 Å². The lowest BCUT2D eigenvalue weighted by Gasteiger charge is -2.25. The third-order valence-electron chi connectivity index (χ3n) is 4.38. The van der Waals surface area contributed by atoms with Gasteiger partial charge in [-0.15, -0.1) is 0 Å². The minimum Gasteiger partial charge on any atom is -0.480 e. The van der Waals surface area contributed by atoms with Gasteiger partial charge in [0.15, 0.2) is 0 Å². The van der Waals surface area contributed by atoms with E-state index < -0.39 is 47.9 Å². The summed E-state index contributed by atoms with van der Waals surface area (Å²) < 4.78 is 0. The molecule has 30 heavy (non-hydrogen) atoms. The van der Waals surface area contributed by atoms with Crippen LogP contribution in [0.5, 0.6) is 0 Å². The number of carbonyl (C=O) groups is 4. The zero-order chi connectivity index (χ0) is 23.4. The van der Waals surface area contributed by atoms with Crippen LogP contribution in [0.2, 0.25) is 0 Å². The first-order valence-corrected chi connectivity index (χ1v) is 11.7. The first kappa shape index (κ1) is 28.2. The molecular formula is C20H38N4O5S. The van der Waals surface area contributed by atoms with Gasteiger partial charge in [0, 0.05) is 0 Å². The van der Waals surface area contributed by atoms with Crippen molar-refractivity contribution in [2.24, 2.45) is 17.6 Å². The topological polar surface area (TPSA) is 151 Å². The molecule has 0 aliphatic heterocycles. The molecular weight excluding hydrogens is 408 g/mol. The van der Waals surface area contributed by atoms with Crippen molar-refractivity contribution >= 4 is 35.5 Å². The highest BCUT2D eigenvalue weighted by atomic mass is 32.2. The standard InChI is InChI=1S/C20H38N4O5S/c1-11(2)9-14(21)17(25)23-15(7-8-30-6)18(26)24-16(10-12(3)4)19(27)22-13(5)20(28)29/h11-16H,7-10,21H2,1-6H3,(H,22,27)(H,23,25)(H,24,26)(H,28,29). The quantitative estimate of drug-likeness (QED) is 0.264. The highest BCUT2D eigenvalue weighted by Gasteiger charge is 2.29. The number of nitrogens with one attached hydrogen (secondary N) is 3. The molecule has 0 saturated heterocycles. The molecule has 3 amide bonds. The van der Waals surface area contributed by atoms with Crippen LogP contribution in [-0.2, 0) is 19.2 Å². The molecule has 0 fully saturated rings. The Balaban J connectivity index is 5.28. The molecule has 174 valence electrons. The minimum absolute atomic E-state index is 0.0832. The summed E-state index contributed by atoms with van der Waals surface area (Å²) in [6.07, 6.45) is 3.10. The SMILES string of the molecule is CSCCC(NC(=O)C(N)CC(C)C)C(=O)NC(CC(C)C)C(=O)NC(C)C(=O)O. The maximum atomic E-state index is 12.9. The average Bonchev–Trinajstić information content (AvgIpc) is 2.62. The van der Waals surface area contributed by atoms with E-state index >= 15 is 0 Å². The Morgan fingerprint density at radius 3 is 1.80 bits per heavy atom. The number of amides is 3. The first-order chi connectivity index (χ1) is 13.9. The Labute approximate surface area is 183 Å². The van der Waals surface area contributed by atoms with Crippen LogP contribution in [0.4, 0.5) is 0 Å². The highest BCUT2D eigenvalue weighted by molar-refractivity contribution is 7.98. The van der Waals surface area contributed by atoms with Gasteiger partial charge in [0.05, 0.1) is 6.04 Å². The van der Waals surface area contributed by atoms with Crippen LogP contribution in [0, 0.1) is 11.8 Å². The fraction of sp³-hybridized carbons (Fsp3) is 0.800. The van der Waals surface area contributed by atoms with Crippen LogP contribution in [-0.4, -0.2) is 65.0 Å². The molecule has 0 radical (unpaired) electrons. The van der Waals surface area contributed by atoms with E-state index in [2.05, 4.69) is 16.0 Å². The second kappa shape index (κ2) is 14.2. The Kier molecular flexibility index (Phi) is 13.4. The van der Waals surface area contributed by atoms with Gasteiger partial charge < -0.3 is 26.8 Å². The highest BCUT2D eigenvalue weighted by Crippen LogP contribution is 2.09. The summed E-state index contributed by atoms with van der Waals surface area (Å²) in [5.41, 5.74) is 5.93. The number of carboxylic acid groups (broad SMARTS) is 1. The van der Waals surface area contributed by atoms with Gasteiger partial charge in [-0.25, -0.2) is 0 Å². The van der Waals surface area contributed by atoms with Crippen molar-refractivity contribution in [1.82, 2.24) is 16.0 Å². The third-order valence-corrected chi connectivity index (χ3v) is 5.02. The number of hydrogen-bond acceptors (Lipinski definition) is 6. The van der Waals surface area contributed by atoms with E-state index in [1.807, 2.05) is 34.0 Å². The molecule has 0 spiro atoms. The summed E-state index contributed by atoms with van der Waals surface area (Å²) in [6.45, 7) is 9.05. The summed E-state index contributed by atoms with van der Waals surface area (Å²) >= 11 is 1.53. The summed E-state index contributed by atoms with van der Waals surface area (Å²) in [5.74, 6) is -1.68. The van der Waals surface area contributed by atoms with Crippen LogP contribution in [0.1, 0.15) is 53.9 Å². The Morgan fingerprint density at radius 1 is 0.833 bits per heavy atom. The van der Waals surface area contributed by atoms with Crippen molar-refractivity contribution in [3.8, 4) is 0 Å². The second-order valence-electron chi connectivity index (χ2n) is 8.34. The molecule has 0 aromatic rings. The molecule has 0 saturated carbocycles. The van der Waals surface area contributed by atoms with Crippen LogP contribution in [0.15, 0.2) is 0 Å². The van der Waals surface area contributed by atoms with Crippen LogP contribution < -0.4 is 21.7 Å².